The Kier molecular flexibility index (Phi) is 9.07. The van der Waals surface area contributed by atoms with Crippen LogP contribution in [0.1, 0.15) is 6.42 Å². The average Bonchev–Trinajstić information content (AvgIpc) is 2.92. The zero-order chi connectivity index (χ0) is 26.9. The molecule has 12 heteroatoms. The number of nitrogens with one attached hydrogen (secondary N) is 3. The number of nitrogens with zero attached hydrogens (tertiary/aromatic N) is 6. The van der Waals surface area contributed by atoms with E-state index >= 15 is 0 Å². The van der Waals surface area contributed by atoms with Crippen LogP contribution in [0.25, 0.3) is 0 Å². The Morgan fingerprint density at radius 2 is 1.92 bits per heavy atom. The number of methoxy groups -OCH3 is 1. The maximum Gasteiger partial charge on any atom is 0.247 e. The predicted octanol–water partition coefficient (Wildman–Crippen LogP) is 4.29. The molecule has 0 bridgehead atoms. The number of halogens is 1. The lowest BCUT2D eigenvalue weighted by Gasteiger charge is -2.37. The molecule has 1 saturated heterocycles. The van der Waals surface area contributed by atoms with Gasteiger partial charge in [0.1, 0.15) is 12.1 Å². The molecule has 0 unspecified atom stereocenters. The molecule has 4 rings (SSSR count). The van der Waals surface area contributed by atoms with E-state index in [9.17, 15) is 4.79 Å². The van der Waals surface area contributed by atoms with Gasteiger partial charge < -0.3 is 25.6 Å². The van der Waals surface area contributed by atoms with Gasteiger partial charge in [0.25, 0.3) is 0 Å². The third-order valence-corrected chi connectivity index (χ3v) is 6.41. The maximum atomic E-state index is 12.3. The first-order valence-electron chi connectivity index (χ1n) is 12.0. The fourth-order valence-electron chi connectivity index (χ4n) is 4.03. The normalized spacial score (nSPS) is 13.3. The second-order valence-electron chi connectivity index (χ2n) is 8.39. The van der Waals surface area contributed by atoms with Crippen LogP contribution in [0.15, 0.2) is 59.9 Å². The Labute approximate surface area is 229 Å². The van der Waals surface area contributed by atoms with Crippen molar-refractivity contribution < 1.29 is 9.53 Å². The largest absolute Gasteiger partial charge is 0.494 e. The molecule has 0 saturated carbocycles. The van der Waals surface area contributed by atoms with Crippen molar-refractivity contribution in [1.82, 2.24) is 19.9 Å². The van der Waals surface area contributed by atoms with Crippen LogP contribution >= 0.6 is 15.9 Å². The highest BCUT2D eigenvalue weighted by molar-refractivity contribution is 9.10. The molecule has 3 aromatic rings. The van der Waals surface area contributed by atoms with Crippen LogP contribution < -0.4 is 25.6 Å². The Bertz CT molecular complexity index is 1340. The first-order valence-corrected chi connectivity index (χ1v) is 12.8. The first-order chi connectivity index (χ1) is 18.5. The van der Waals surface area contributed by atoms with Crippen molar-refractivity contribution in [2.45, 2.75) is 6.42 Å². The number of anilines is 6. The van der Waals surface area contributed by atoms with Crippen LogP contribution in [-0.4, -0.2) is 65.6 Å². The van der Waals surface area contributed by atoms with Crippen molar-refractivity contribution >= 4 is 56.5 Å². The predicted molar refractivity (Wildman–Crippen MR) is 151 cm³/mol. The zero-order valence-electron chi connectivity index (χ0n) is 20.9. The fraction of sp³-hybridized carbons (Fsp3) is 0.269. The monoisotopic (exact) mass is 577 g/mol. The van der Waals surface area contributed by atoms with E-state index in [0.717, 1.165) is 48.6 Å². The number of benzene rings is 2. The van der Waals surface area contributed by atoms with Crippen LogP contribution in [0.3, 0.4) is 0 Å². The van der Waals surface area contributed by atoms with E-state index in [1.165, 1.54) is 12.4 Å². The van der Waals surface area contributed by atoms with Crippen LogP contribution in [0.4, 0.5) is 34.6 Å². The molecule has 0 aliphatic carbocycles. The Balaban J connectivity index is 1.58. The number of nitriles is 1. The van der Waals surface area contributed by atoms with Crippen LogP contribution in [0, 0.1) is 11.3 Å². The number of hydrogen-bond donors (Lipinski definition) is 3. The number of carbonyl (C=O) groups excluding carboxylic acids is 1. The molecule has 1 fully saturated rings. The summed E-state index contributed by atoms with van der Waals surface area (Å²) >= 11 is 3.45. The van der Waals surface area contributed by atoms with Crippen molar-refractivity contribution in [3.63, 3.8) is 0 Å². The average molecular weight is 578 g/mol. The minimum Gasteiger partial charge on any atom is -0.494 e. The third kappa shape index (κ3) is 6.96. The summed E-state index contributed by atoms with van der Waals surface area (Å²) < 4.78 is 6.62. The molecule has 1 amide bonds. The van der Waals surface area contributed by atoms with E-state index < -0.39 is 0 Å². The van der Waals surface area contributed by atoms with E-state index in [4.69, 9.17) is 10.00 Å². The molecule has 0 radical (unpaired) electrons. The molecule has 2 aromatic carbocycles. The highest BCUT2D eigenvalue weighted by Gasteiger charge is 2.22. The first kappa shape index (κ1) is 26.8. The van der Waals surface area contributed by atoms with Crippen LogP contribution in [0.5, 0.6) is 5.75 Å². The van der Waals surface area contributed by atoms with Crippen molar-refractivity contribution in [2.75, 3.05) is 60.7 Å². The van der Waals surface area contributed by atoms with Gasteiger partial charge in [0, 0.05) is 55.4 Å². The summed E-state index contributed by atoms with van der Waals surface area (Å²) in [5.41, 5.74) is 2.82. The number of rotatable bonds is 10. The van der Waals surface area contributed by atoms with E-state index in [-0.39, 0.29) is 5.91 Å². The van der Waals surface area contributed by atoms with Gasteiger partial charge in [-0.15, -0.1) is 0 Å². The minimum absolute atomic E-state index is 0.302. The molecule has 1 aromatic heterocycles. The molecular formula is C26H28BrN9O2. The number of piperazine rings is 1. The molecule has 3 N–H and O–H groups in total. The molecule has 0 spiro atoms. The number of carbonyl (C=O) groups is 1. The summed E-state index contributed by atoms with van der Waals surface area (Å²) in [6, 6.07) is 13.5. The Morgan fingerprint density at radius 3 is 2.61 bits per heavy atom. The van der Waals surface area contributed by atoms with E-state index in [0.29, 0.717) is 35.4 Å². The van der Waals surface area contributed by atoms with Gasteiger partial charge in [-0.2, -0.15) is 10.2 Å². The van der Waals surface area contributed by atoms with E-state index in [1.807, 2.05) is 30.3 Å². The molecule has 11 nitrogen and oxygen atoms in total. The molecule has 1 aliphatic heterocycles. The second kappa shape index (κ2) is 12.8. The summed E-state index contributed by atoms with van der Waals surface area (Å²) in [7, 11) is 1.58. The topological polar surface area (TPSA) is 131 Å². The molecule has 0 atom stereocenters. The smallest absolute Gasteiger partial charge is 0.247 e. The lowest BCUT2D eigenvalue weighted by Crippen LogP contribution is -2.46. The number of hydrogen-bond acceptors (Lipinski definition) is 10. The number of aromatic nitrogens is 3. The third-order valence-electron chi connectivity index (χ3n) is 5.91. The van der Waals surface area contributed by atoms with Crippen LogP contribution in [-0.2, 0) is 4.79 Å². The quantitative estimate of drug-likeness (QED) is 0.300. The number of ether oxygens (including phenoxy) is 1. The van der Waals surface area contributed by atoms with Gasteiger partial charge in [0.2, 0.25) is 17.8 Å². The molecule has 38 heavy (non-hydrogen) atoms. The van der Waals surface area contributed by atoms with Gasteiger partial charge in [0.05, 0.1) is 30.2 Å². The van der Waals surface area contributed by atoms with Gasteiger partial charge in [-0.25, -0.2) is 9.97 Å². The highest BCUT2D eigenvalue weighted by atomic mass is 79.9. The van der Waals surface area contributed by atoms with Gasteiger partial charge >= 0.3 is 0 Å². The van der Waals surface area contributed by atoms with Gasteiger partial charge in [-0.3, -0.25) is 9.69 Å². The van der Waals surface area contributed by atoms with Gasteiger partial charge in [-0.1, -0.05) is 28.6 Å². The summed E-state index contributed by atoms with van der Waals surface area (Å²) in [6.45, 7) is 7.45. The van der Waals surface area contributed by atoms with Crippen molar-refractivity contribution in [3.05, 3.63) is 59.9 Å². The molecule has 2 heterocycles. The van der Waals surface area contributed by atoms with Gasteiger partial charge in [0.15, 0.2) is 0 Å². The Hall–Kier alpha value is -4.21. The molecule has 196 valence electrons. The van der Waals surface area contributed by atoms with Crippen molar-refractivity contribution in [2.24, 2.45) is 0 Å². The standard InChI is InChI=1S/C26H28BrN9O2/c1-3-24(37)32-20-15-21(23(38-2)16-22(20)36-12-10-35(11-13-36)9-5-8-28)33-26-30-17-29-25(34-26)31-19-7-4-6-18(27)14-19/h3-4,6-7,14-17H,1,5,9-13H2,2H3,(H,32,37)(H2,29,30,31,33,34). The second-order valence-corrected chi connectivity index (χ2v) is 9.31. The van der Waals surface area contributed by atoms with E-state index in [2.05, 4.69) is 69.3 Å². The zero-order valence-corrected chi connectivity index (χ0v) is 22.5. The summed E-state index contributed by atoms with van der Waals surface area (Å²) in [5.74, 6) is 0.905. The minimum atomic E-state index is -0.323. The maximum absolute atomic E-state index is 12.3. The Morgan fingerprint density at radius 1 is 1.16 bits per heavy atom. The van der Waals surface area contributed by atoms with Crippen molar-refractivity contribution in [3.8, 4) is 11.8 Å². The summed E-state index contributed by atoms with van der Waals surface area (Å²) in [4.78, 5) is 29.6. The summed E-state index contributed by atoms with van der Waals surface area (Å²) in [6.07, 6.45) is 3.14. The van der Waals surface area contributed by atoms with E-state index in [1.54, 1.807) is 13.2 Å². The fourth-order valence-corrected chi connectivity index (χ4v) is 4.43. The highest BCUT2D eigenvalue weighted by Crippen LogP contribution is 2.38. The lowest BCUT2D eigenvalue weighted by molar-refractivity contribution is -0.111. The molecular weight excluding hydrogens is 550 g/mol. The SMILES string of the molecule is C=CC(=O)Nc1cc(Nc2ncnc(Nc3cccc(Br)c3)n2)c(OC)cc1N1CCN(CCC#N)CC1. The lowest BCUT2D eigenvalue weighted by atomic mass is 10.1. The van der Waals surface area contributed by atoms with Crippen LogP contribution in [0.2, 0.25) is 0 Å². The number of amides is 1. The van der Waals surface area contributed by atoms with Gasteiger partial charge in [-0.05, 0) is 30.3 Å². The summed E-state index contributed by atoms with van der Waals surface area (Å²) in [5, 5.41) is 18.1. The van der Waals surface area contributed by atoms with Crippen molar-refractivity contribution in [1.29, 1.82) is 5.26 Å². The molecule has 1 aliphatic rings.